The second kappa shape index (κ2) is 6.90. The van der Waals surface area contributed by atoms with Crippen LogP contribution in [0, 0.1) is 0 Å². The van der Waals surface area contributed by atoms with Gasteiger partial charge in [-0.2, -0.15) is 10.2 Å². The quantitative estimate of drug-likeness (QED) is 0.651. The predicted octanol–water partition coefficient (Wildman–Crippen LogP) is 2.50. The summed E-state index contributed by atoms with van der Waals surface area (Å²) < 4.78 is 5.01. The normalized spacial score (nSPS) is 10.2. The van der Waals surface area contributed by atoms with Gasteiger partial charge in [0.2, 0.25) is 0 Å². The molecular formula is C14H15ClN4O2. The second-order valence-corrected chi connectivity index (χ2v) is 4.62. The number of hydrogen-bond donors (Lipinski definition) is 2. The fourth-order valence-electron chi connectivity index (χ4n) is 1.78. The number of aromatic nitrogens is 2. The molecule has 0 fully saturated rings. The lowest BCUT2D eigenvalue weighted by molar-refractivity contribution is 0.0527. The number of esters is 1. The van der Waals surface area contributed by atoms with E-state index in [2.05, 4.69) is 15.5 Å². The first-order valence-corrected chi connectivity index (χ1v) is 6.76. The van der Waals surface area contributed by atoms with E-state index in [9.17, 15) is 4.79 Å². The first kappa shape index (κ1) is 15.1. The number of nitrogens with zero attached hydrogens (tertiary/aromatic N) is 2. The SMILES string of the molecule is CCOC(=O)c1cc(N)cc(Cl)c1NCc1cccnn1. The van der Waals surface area contributed by atoms with E-state index in [0.29, 0.717) is 28.5 Å². The number of carbonyl (C=O) groups excluding carboxylic acids is 1. The fourth-order valence-corrected chi connectivity index (χ4v) is 2.08. The average Bonchev–Trinajstić information content (AvgIpc) is 2.47. The highest BCUT2D eigenvalue weighted by molar-refractivity contribution is 6.34. The number of halogens is 1. The Morgan fingerprint density at radius 1 is 1.48 bits per heavy atom. The molecule has 0 amide bonds. The van der Waals surface area contributed by atoms with E-state index in [4.69, 9.17) is 22.1 Å². The van der Waals surface area contributed by atoms with Crippen LogP contribution in [-0.2, 0) is 11.3 Å². The topological polar surface area (TPSA) is 90.1 Å². The summed E-state index contributed by atoms with van der Waals surface area (Å²) in [4.78, 5) is 12.0. The van der Waals surface area contributed by atoms with E-state index in [1.54, 1.807) is 25.3 Å². The number of benzene rings is 1. The molecule has 0 saturated carbocycles. The van der Waals surface area contributed by atoms with Gasteiger partial charge in [-0.3, -0.25) is 0 Å². The molecule has 0 atom stereocenters. The number of carbonyl (C=O) groups is 1. The van der Waals surface area contributed by atoms with Gasteiger partial charge in [-0.15, -0.1) is 0 Å². The molecule has 0 aliphatic rings. The Balaban J connectivity index is 2.26. The maximum Gasteiger partial charge on any atom is 0.340 e. The van der Waals surface area contributed by atoms with Gasteiger partial charge in [-0.05, 0) is 31.2 Å². The van der Waals surface area contributed by atoms with Gasteiger partial charge in [-0.25, -0.2) is 4.79 Å². The zero-order valence-corrected chi connectivity index (χ0v) is 12.2. The maximum absolute atomic E-state index is 12.0. The van der Waals surface area contributed by atoms with Crippen molar-refractivity contribution in [3.8, 4) is 0 Å². The van der Waals surface area contributed by atoms with Crippen LogP contribution in [0.5, 0.6) is 0 Å². The molecule has 110 valence electrons. The molecule has 6 nitrogen and oxygen atoms in total. The Morgan fingerprint density at radius 2 is 2.29 bits per heavy atom. The van der Waals surface area contributed by atoms with Crippen molar-refractivity contribution in [2.75, 3.05) is 17.7 Å². The summed E-state index contributed by atoms with van der Waals surface area (Å²) in [6, 6.07) is 6.70. The van der Waals surface area contributed by atoms with Crippen molar-refractivity contribution >= 4 is 28.9 Å². The van der Waals surface area contributed by atoms with Gasteiger partial charge in [0, 0.05) is 11.9 Å². The molecule has 2 rings (SSSR count). The summed E-state index contributed by atoms with van der Waals surface area (Å²) >= 11 is 6.16. The van der Waals surface area contributed by atoms with E-state index in [-0.39, 0.29) is 6.61 Å². The lowest BCUT2D eigenvalue weighted by Crippen LogP contribution is -2.11. The number of nitrogens with one attached hydrogen (secondary N) is 1. The molecule has 1 aromatic heterocycles. The number of hydrogen-bond acceptors (Lipinski definition) is 6. The van der Waals surface area contributed by atoms with E-state index in [0.717, 1.165) is 5.69 Å². The highest BCUT2D eigenvalue weighted by Crippen LogP contribution is 2.30. The van der Waals surface area contributed by atoms with Gasteiger partial charge in [0.25, 0.3) is 0 Å². The maximum atomic E-state index is 12.0. The summed E-state index contributed by atoms with van der Waals surface area (Å²) in [7, 11) is 0. The van der Waals surface area contributed by atoms with Crippen LogP contribution in [0.25, 0.3) is 0 Å². The summed E-state index contributed by atoms with van der Waals surface area (Å²) in [5.74, 6) is -0.478. The van der Waals surface area contributed by atoms with E-state index < -0.39 is 5.97 Å². The van der Waals surface area contributed by atoms with E-state index in [1.807, 2.05) is 6.07 Å². The molecule has 0 saturated heterocycles. The summed E-state index contributed by atoms with van der Waals surface area (Å²) in [6.07, 6.45) is 1.59. The smallest absolute Gasteiger partial charge is 0.340 e. The summed E-state index contributed by atoms with van der Waals surface area (Å²) in [5, 5.41) is 11.2. The van der Waals surface area contributed by atoms with Crippen molar-refractivity contribution in [2.24, 2.45) is 0 Å². The van der Waals surface area contributed by atoms with Crippen molar-refractivity contribution in [3.05, 3.63) is 46.7 Å². The fraction of sp³-hybridized carbons (Fsp3) is 0.214. The van der Waals surface area contributed by atoms with Crippen LogP contribution in [0.15, 0.2) is 30.5 Å². The van der Waals surface area contributed by atoms with Crippen LogP contribution in [0.1, 0.15) is 23.0 Å². The van der Waals surface area contributed by atoms with Crippen LogP contribution in [0.2, 0.25) is 5.02 Å². The molecule has 0 spiro atoms. The zero-order valence-electron chi connectivity index (χ0n) is 11.5. The molecule has 2 aromatic rings. The third-order valence-electron chi connectivity index (χ3n) is 2.68. The van der Waals surface area contributed by atoms with Gasteiger partial charge in [-0.1, -0.05) is 11.6 Å². The Labute approximate surface area is 127 Å². The molecule has 0 radical (unpaired) electrons. The minimum Gasteiger partial charge on any atom is -0.462 e. The Kier molecular flexibility index (Phi) is 4.94. The number of anilines is 2. The predicted molar refractivity (Wildman–Crippen MR) is 81.2 cm³/mol. The molecule has 0 unspecified atom stereocenters. The summed E-state index contributed by atoms with van der Waals surface area (Å²) in [5.41, 5.74) is 7.61. The van der Waals surface area contributed by atoms with Crippen LogP contribution in [0.3, 0.4) is 0 Å². The molecule has 0 bridgehead atoms. The van der Waals surface area contributed by atoms with Crippen molar-refractivity contribution in [1.82, 2.24) is 10.2 Å². The standard InChI is InChI=1S/C14H15ClN4O2/c1-2-21-14(20)11-6-9(16)7-12(15)13(11)17-8-10-4-3-5-18-19-10/h3-7,17H,2,8,16H2,1H3. The minimum atomic E-state index is -0.478. The highest BCUT2D eigenvalue weighted by Gasteiger charge is 2.16. The second-order valence-electron chi connectivity index (χ2n) is 4.21. The lowest BCUT2D eigenvalue weighted by atomic mass is 10.1. The zero-order chi connectivity index (χ0) is 15.2. The molecule has 0 aliphatic heterocycles. The van der Waals surface area contributed by atoms with Gasteiger partial charge >= 0.3 is 5.97 Å². The lowest BCUT2D eigenvalue weighted by Gasteiger charge is -2.13. The van der Waals surface area contributed by atoms with Crippen LogP contribution in [0.4, 0.5) is 11.4 Å². The summed E-state index contributed by atoms with van der Waals surface area (Å²) in [6.45, 7) is 2.39. The van der Waals surface area contributed by atoms with Crippen LogP contribution in [-0.4, -0.2) is 22.8 Å². The van der Waals surface area contributed by atoms with E-state index in [1.165, 1.54) is 6.07 Å². The van der Waals surface area contributed by atoms with Crippen LogP contribution < -0.4 is 11.1 Å². The Hall–Kier alpha value is -2.34. The highest BCUT2D eigenvalue weighted by atomic mass is 35.5. The van der Waals surface area contributed by atoms with Gasteiger partial charge < -0.3 is 15.8 Å². The van der Waals surface area contributed by atoms with Gasteiger partial charge in [0.1, 0.15) is 0 Å². The average molecular weight is 307 g/mol. The van der Waals surface area contributed by atoms with Crippen molar-refractivity contribution in [3.63, 3.8) is 0 Å². The molecule has 1 aromatic carbocycles. The molecule has 7 heteroatoms. The number of rotatable bonds is 5. The van der Waals surface area contributed by atoms with Crippen molar-refractivity contribution < 1.29 is 9.53 Å². The largest absolute Gasteiger partial charge is 0.462 e. The third-order valence-corrected chi connectivity index (χ3v) is 2.98. The molecule has 3 N–H and O–H groups in total. The number of nitrogen functional groups attached to an aromatic ring is 1. The number of ether oxygens (including phenoxy) is 1. The monoisotopic (exact) mass is 306 g/mol. The van der Waals surface area contributed by atoms with E-state index >= 15 is 0 Å². The Morgan fingerprint density at radius 3 is 2.95 bits per heavy atom. The molecule has 21 heavy (non-hydrogen) atoms. The first-order valence-electron chi connectivity index (χ1n) is 6.38. The third kappa shape index (κ3) is 3.82. The van der Waals surface area contributed by atoms with Crippen molar-refractivity contribution in [1.29, 1.82) is 0 Å². The molecular weight excluding hydrogens is 292 g/mol. The number of nitrogens with two attached hydrogens (primary N) is 1. The Bertz CT molecular complexity index is 634. The minimum absolute atomic E-state index is 0.273. The molecule has 0 aliphatic carbocycles. The molecule has 1 heterocycles. The van der Waals surface area contributed by atoms with Gasteiger partial charge in [0.15, 0.2) is 0 Å². The van der Waals surface area contributed by atoms with Crippen LogP contribution >= 0.6 is 11.6 Å². The first-order chi connectivity index (χ1) is 10.1. The van der Waals surface area contributed by atoms with Gasteiger partial charge in [0.05, 0.1) is 35.1 Å². The van der Waals surface area contributed by atoms with Crippen molar-refractivity contribution in [2.45, 2.75) is 13.5 Å².